The number of hydrogen-bond acceptors (Lipinski definition) is 4. The van der Waals surface area contributed by atoms with Crippen molar-refractivity contribution in [2.45, 2.75) is 52.0 Å². The fraction of sp³-hybridized carbons (Fsp3) is 0.571. The molecule has 0 saturated carbocycles. The zero-order valence-electron chi connectivity index (χ0n) is 16.7. The van der Waals surface area contributed by atoms with Crippen molar-refractivity contribution in [2.24, 2.45) is 5.92 Å². The van der Waals surface area contributed by atoms with E-state index in [1.54, 1.807) is 15.6 Å². The maximum Gasteiger partial charge on any atom is 0.328 e. The third-order valence-electron chi connectivity index (χ3n) is 6.07. The Hall–Kier alpha value is -2.41. The highest BCUT2D eigenvalue weighted by atomic mass is 16.2. The van der Waals surface area contributed by atoms with Gasteiger partial charge in [0.05, 0.1) is 17.4 Å². The maximum absolute atomic E-state index is 12.2. The van der Waals surface area contributed by atoms with Crippen LogP contribution in [0, 0.1) is 5.92 Å². The third kappa shape index (κ3) is 3.76. The van der Waals surface area contributed by atoms with Crippen molar-refractivity contribution in [2.75, 3.05) is 24.5 Å². The third-order valence-corrected chi connectivity index (χ3v) is 6.07. The van der Waals surface area contributed by atoms with E-state index in [9.17, 15) is 9.59 Å². The largest absolute Gasteiger partial charge is 0.328 e. The number of nitrogens with one attached hydrogen (secondary N) is 1. The van der Waals surface area contributed by atoms with E-state index in [0.717, 1.165) is 17.6 Å². The Morgan fingerprint density at radius 3 is 2.89 bits per heavy atom. The number of urea groups is 1. The molecule has 4 rings (SSSR count). The van der Waals surface area contributed by atoms with Gasteiger partial charge in [-0.1, -0.05) is 6.92 Å². The normalized spacial score (nSPS) is 24.0. The second-order valence-corrected chi connectivity index (χ2v) is 8.13. The molecule has 0 bridgehead atoms. The molecule has 0 spiro atoms. The number of imide groups is 1. The van der Waals surface area contributed by atoms with Crippen molar-refractivity contribution in [3.05, 3.63) is 30.1 Å². The number of likely N-dealkylation sites (tertiary alicyclic amines) is 1. The Balaban J connectivity index is 1.50. The number of fused-ring (bicyclic) bond motifs is 1. The number of rotatable bonds is 5. The van der Waals surface area contributed by atoms with Gasteiger partial charge < -0.3 is 4.90 Å². The van der Waals surface area contributed by atoms with Crippen molar-refractivity contribution in [3.8, 4) is 0 Å². The van der Waals surface area contributed by atoms with Crippen LogP contribution in [0.15, 0.2) is 24.5 Å². The van der Waals surface area contributed by atoms with Gasteiger partial charge in [-0.3, -0.25) is 15.0 Å². The average Bonchev–Trinajstić information content (AvgIpc) is 3.07. The van der Waals surface area contributed by atoms with E-state index in [4.69, 9.17) is 0 Å². The van der Waals surface area contributed by atoms with Gasteiger partial charge in [0.25, 0.3) is 0 Å². The summed E-state index contributed by atoms with van der Waals surface area (Å²) in [6, 6.07) is 4.55. The van der Waals surface area contributed by atoms with Crippen LogP contribution in [0.4, 0.5) is 10.5 Å². The van der Waals surface area contributed by atoms with Crippen LogP contribution in [-0.2, 0) is 11.2 Å². The fourth-order valence-electron chi connectivity index (χ4n) is 4.60. The molecule has 2 aliphatic heterocycles. The van der Waals surface area contributed by atoms with E-state index in [1.165, 1.54) is 37.9 Å². The molecule has 2 aliphatic rings. The number of hydrogen-bond donors (Lipinski definition) is 1. The van der Waals surface area contributed by atoms with Crippen LogP contribution in [0.25, 0.3) is 5.52 Å². The topological polar surface area (TPSA) is 70.0 Å². The van der Waals surface area contributed by atoms with Gasteiger partial charge in [0, 0.05) is 25.2 Å². The summed E-state index contributed by atoms with van der Waals surface area (Å²) in [6.45, 7) is 7.36. The van der Waals surface area contributed by atoms with Crippen LogP contribution in [0.2, 0.25) is 0 Å². The molecule has 1 N–H and O–H groups in total. The van der Waals surface area contributed by atoms with Gasteiger partial charge in [-0.15, -0.1) is 0 Å². The van der Waals surface area contributed by atoms with E-state index in [2.05, 4.69) is 41.3 Å². The quantitative estimate of drug-likeness (QED) is 0.862. The number of pyridine rings is 1. The first kappa shape index (κ1) is 18.9. The second-order valence-electron chi connectivity index (χ2n) is 8.13. The van der Waals surface area contributed by atoms with Crippen LogP contribution in [0.5, 0.6) is 0 Å². The molecule has 2 aromatic heterocycles. The van der Waals surface area contributed by atoms with Gasteiger partial charge in [-0.25, -0.2) is 9.31 Å². The van der Waals surface area contributed by atoms with Gasteiger partial charge >= 0.3 is 6.03 Å². The molecular weight excluding hydrogens is 354 g/mol. The van der Waals surface area contributed by atoms with Crippen molar-refractivity contribution in [1.82, 2.24) is 19.8 Å². The first-order chi connectivity index (χ1) is 13.5. The van der Waals surface area contributed by atoms with E-state index >= 15 is 0 Å². The van der Waals surface area contributed by atoms with Crippen molar-refractivity contribution in [1.29, 1.82) is 0 Å². The molecule has 150 valence electrons. The van der Waals surface area contributed by atoms with E-state index in [-0.39, 0.29) is 11.9 Å². The van der Waals surface area contributed by atoms with Crippen LogP contribution in [0.1, 0.15) is 45.1 Å². The highest BCUT2D eigenvalue weighted by molar-refractivity contribution is 6.07. The zero-order chi connectivity index (χ0) is 19.7. The second kappa shape index (κ2) is 7.91. The van der Waals surface area contributed by atoms with Gasteiger partial charge in [-0.05, 0) is 69.3 Å². The minimum absolute atomic E-state index is 0.220. The van der Waals surface area contributed by atoms with E-state index < -0.39 is 0 Å². The van der Waals surface area contributed by atoms with Gasteiger partial charge in [-0.2, -0.15) is 5.10 Å². The molecule has 3 amide bonds. The molecule has 0 aromatic carbocycles. The van der Waals surface area contributed by atoms with Crippen LogP contribution < -0.4 is 10.2 Å². The maximum atomic E-state index is 12.2. The highest BCUT2D eigenvalue weighted by Gasteiger charge is 2.27. The first-order valence-electron chi connectivity index (χ1n) is 10.4. The summed E-state index contributed by atoms with van der Waals surface area (Å²) < 4.78 is 1.80. The number of anilines is 1. The molecule has 2 aromatic rings. The molecule has 0 radical (unpaired) electrons. The first-order valence-corrected chi connectivity index (χ1v) is 10.4. The van der Waals surface area contributed by atoms with Gasteiger partial charge in [0.1, 0.15) is 0 Å². The molecule has 2 atom stereocenters. The molecule has 2 saturated heterocycles. The van der Waals surface area contributed by atoms with Crippen molar-refractivity contribution >= 4 is 23.1 Å². The standard InChI is InChI=1S/C21H29N5O2/c1-3-7-24-8-4-16(11-15(24)2)12-17-5-10-26-18(13-17)19(14-22-26)25-9-6-20(27)23-21(25)28/h5,10,13-16H,3-4,6-9,11-12H2,1-2H3,(H,23,27,28)/t15-,16+/m0/s1. The zero-order valence-corrected chi connectivity index (χ0v) is 16.7. The molecule has 4 heterocycles. The average molecular weight is 383 g/mol. The molecule has 2 fully saturated rings. The minimum Gasteiger partial charge on any atom is -0.301 e. The highest BCUT2D eigenvalue weighted by Crippen LogP contribution is 2.28. The van der Waals surface area contributed by atoms with E-state index in [1.807, 2.05) is 6.20 Å². The SMILES string of the molecule is CCCN1CC[C@@H](Cc2ccn3ncc(N4CCC(=O)NC4=O)c3c2)C[C@@H]1C. The Morgan fingerprint density at radius 2 is 2.14 bits per heavy atom. The Bertz CT molecular complexity index is 877. The summed E-state index contributed by atoms with van der Waals surface area (Å²) in [5, 5.41) is 6.77. The molecule has 28 heavy (non-hydrogen) atoms. The predicted molar refractivity (Wildman–Crippen MR) is 108 cm³/mol. The predicted octanol–water partition coefficient (Wildman–Crippen LogP) is 2.83. The van der Waals surface area contributed by atoms with Crippen molar-refractivity contribution < 1.29 is 9.59 Å². The number of amides is 3. The van der Waals surface area contributed by atoms with Crippen LogP contribution >= 0.6 is 0 Å². The molecule has 0 unspecified atom stereocenters. The van der Waals surface area contributed by atoms with Crippen LogP contribution in [-0.4, -0.2) is 52.1 Å². The van der Waals surface area contributed by atoms with Gasteiger partial charge in [0.15, 0.2) is 0 Å². The summed E-state index contributed by atoms with van der Waals surface area (Å²) in [5.41, 5.74) is 2.96. The Morgan fingerprint density at radius 1 is 1.29 bits per heavy atom. The molecular formula is C21H29N5O2. The fourth-order valence-corrected chi connectivity index (χ4v) is 4.60. The lowest BCUT2D eigenvalue weighted by molar-refractivity contribution is -0.120. The lowest BCUT2D eigenvalue weighted by Crippen LogP contribution is -2.49. The summed E-state index contributed by atoms with van der Waals surface area (Å²) in [6.07, 6.45) is 8.72. The monoisotopic (exact) mass is 383 g/mol. The summed E-state index contributed by atoms with van der Waals surface area (Å²) in [5.74, 6) is 0.467. The molecule has 0 aliphatic carbocycles. The van der Waals surface area contributed by atoms with Crippen LogP contribution in [0.3, 0.4) is 0 Å². The van der Waals surface area contributed by atoms with E-state index in [0.29, 0.717) is 24.9 Å². The summed E-state index contributed by atoms with van der Waals surface area (Å²) >= 11 is 0. The number of carbonyl (C=O) groups excluding carboxylic acids is 2. The Labute approximate surface area is 165 Å². The summed E-state index contributed by atoms with van der Waals surface area (Å²) in [4.78, 5) is 27.9. The number of aromatic nitrogens is 2. The molecule has 7 heteroatoms. The minimum atomic E-state index is -0.367. The number of nitrogens with zero attached hydrogens (tertiary/aromatic N) is 4. The Kier molecular flexibility index (Phi) is 5.35. The summed E-state index contributed by atoms with van der Waals surface area (Å²) in [7, 11) is 0. The smallest absolute Gasteiger partial charge is 0.301 e. The van der Waals surface area contributed by atoms with Crippen molar-refractivity contribution in [3.63, 3.8) is 0 Å². The van der Waals surface area contributed by atoms with Gasteiger partial charge in [0.2, 0.25) is 5.91 Å². The lowest BCUT2D eigenvalue weighted by atomic mass is 9.86. The lowest BCUT2D eigenvalue weighted by Gasteiger charge is -2.37. The number of carbonyl (C=O) groups is 2. The number of piperidine rings is 1. The molecule has 7 nitrogen and oxygen atoms in total.